The summed E-state index contributed by atoms with van der Waals surface area (Å²) in [7, 11) is 0. The van der Waals surface area contributed by atoms with Crippen molar-refractivity contribution in [3.63, 3.8) is 0 Å². The Morgan fingerprint density at radius 2 is 2.29 bits per heavy atom. The first-order chi connectivity index (χ1) is 11.7. The quantitative estimate of drug-likeness (QED) is 0.665. The van der Waals surface area contributed by atoms with Crippen LogP contribution in [-0.4, -0.2) is 21.1 Å². The molecule has 24 heavy (non-hydrogen) atoms. The molecular weight excluding hydrogens is 311 g/mol. The fourth-order valence-electron chi connectivity index (χ4n) is 2.74. The van der Waals surface area contributed by atoms with Crippen LogP contribution in [0, 0.1) is 11.3 Å². The standard InChI is InChI=1S/C16H11FN6O/c17-13-12(11-2-1-3-24-11)8(4-18)14(23-15(13)19)9-6-21-16-10(9)5-20-7-22-16/h1-3,5-7,15,23H,19H2,(H,20,21,22). The molecule has 1 atom stereocenters. The Kier molecular flexibility index (Phi) is 3.15. The average molecular weight is 322 g/mol. The lowest BCUT2D eigenvalue weighted by molar-refractivity contribution is 0.503. The zero-order chi connectivity index (χ0) is 16.7. The molecule has 0 radical (unpaired) electrons. The maximum absolute atomic E-state index is 14.6. The molecule has 4 rings (SSSR count). The van der Waals surface area contributed by atoms with Gasteiger partial charge in [-0.25, -0.2) is 14.4 Å². The lowest BCUT2D eigenvalue weighted by Crippen LogP contribution is -2.40. The van der Waals surface area contributed by atoms with Crippen LogP contribution in [0.3, 0.4) is 0 Å². The van der Waals surface area contributed by atoms with Gasteiger partial charge in [0.05, 0.1) is 23.1 Å². The molecule has 4 heterocycles. The lowest BCUT2D eigenvalue weighted by atomic mass is 9.94. The van der Waals surface area contributed by atoms with Gasteiger partial charge in [0.15, 0.2) is 0 Å². The molecule has 7 nitrogen and oxygen atoms in total. The number of dihydropyridines is 1. The van der Waals surface area contributed by atoms with Gasteiger partial charge in [-0.05, 0) is 12.1 Å². The van der Waals surface area contributed by atoms with Crippen LogP contribution in [0.2, 0.25) is 0 Å². The van der Waals surface area contributed by atoms with E-state index in [0.29, 0.717) is 22.3 Å². The van der Waals surface area contributed by atoms with Gasteiger partial charge in [-0.3, -0.25) is 0 Å². The third kappa shape index (κ3) is 2.00. The second kappa shape index (κ2) is 5.33. The molecule has 118 valence electrons. The number of fused-ring (bicyclic) bond motifs is 1. The average Bonchev–Trinajstić information content (AvgIpc) is 3.26. The van der Waals surface area contributed by atoms with Crippen molar-refractivity contribution in [1.82, 2.24) is 20.3 Å². The molecule has 1 unspecified atom stereocenters. The Hall–Kier alpha value is -3.44. The number of rotatable bonds is 2. The van der Waals surface area contributed by atoms with Crippen molar-refractivity contribution in [2.24, 2.45) is 5.73 Å². The van der Waals surface area contributed by atoms with E-state index >= 15 is 0 Å². The molecule has 0 bridgehead atoms. The van der Waals surface area contributed by atoms with Crippen molar-refractivity contribution in [3.05, 3.63) is 59.8 Å². The number of aromatic amines is 1. The van der Waals surface area contributed by atoms with Crippen molar-refractivity contribution >= 4 is 22.3 Å². The van der Waals surface area contributed by atoms with Crippen molar-refractivity contribution < 1.29 is 8.81 Å². The summed E-state index contributed by atoms with van der Waals surface area (Å²) in [6.07, 6.45) is 5.03. The van der Waals surface area contributed by atoms with Crippen LogP contribution < -0.4 is 11.1 Å². The fraction of sp³-hybridized carbons (Fsp3) is 0.0625. The third-order valence-electron chi connectivity index (χ3n) is 3.82. The smallest absolute Gasteiger partial charge is 0.149 e. The van der Waals surface area contributed by atoms with Crippen LogP contribution in [0.25, 0.3) is 22.3 Å². The normalized spacial score (nSPS) is 18.0. The minimum Gasteiger partial charge on any atom is -0.464 e. The molecule has 0 amide bonds. The lowest BCUT2D eigenvalue weighted by Gasteiger charge is -2.25. The number of furan rings is 1. The van der Waals surface area contributed by atoms with Crippen LogP contribution in [0.15, 0.2) is 52.9 Å². The van der Waals surface area contributed by atoms with Crippen LogP contribution in [0.1, 0.15) is 11.3 Å². The van der Waals surface area contributed by atoms with Crippen molar-refractivity contribution in [2.75, 3.05) is 0 Å². The fourth-order valence-corrected chi connectivity index (χ4v) is 2.74. The topological polar surface area (TPSA) is 117 Å². The number of hydrogen-bond donors (Lipinski definition) is 3. The van der Waals surface area contributed by atoms with E-state index in [-0.39, 0.29) is 16.9 Å². The van der Waals surface area contributed by atoms with Gasteiger partial charge in [-0.1, -0.05) is 0 Å². The molecule has 4 N–H and O–H groups in total. The van der Waals surface area contributed by atoms with Gasteiger partial charge in [-0.15, -0.1) is 0 Å². The number of nitrogens with zero attached hydrogens (tertiary/aromatic N) is 3. The number of nitrogens with one attached hydrogen (secondary N) is 2. The Balaban J connectivity index is 2.00. The number of H-pyrrole nitrogens is 1. The summed E-state index contributed by atoms with van der Waals surface area (Å²) < 4.78 is 19.9. The summed E-state index contributed by atoms with van der Waals surface area (Å²) in [5.74, 6) is -0.407. The van der Waals surface area contributed by atoms with Crippen molar-refractivity contribution in [2.45, 2.75) is 6.17 Å². The highest BCUT2D eigenvalue weighted by Gasteiger charge is 2.31. The first-order valence-corrected chi connectivity index (χ1v) is 7.08. The van der Waals surface area contributed by atoms with Crippen LogP contribution in [-0.2, 0) is 0 Å². The molecule has 3 aromatic rings. The summed E-state index contributed by atoms with van der Waals surface area (Å²) >= 11 is 0. The summed E-state index contributed by atoms with van der Waals surface area (Å²) in [5.41, 5.74) is 7.66. The number of halogens is 1. The highest BCUT2D eigenvalue weighted by Crippen LogP contribution is 2.37. The Morgan fingerprint density at radius 1 is 1.42 bits per heavy atom. The van der Waals surface area contributed by atoms with E-state index in [9.17, 15) is 9.65 Å². The number of aromatic nitrogens is 3. The summed E-state index contributed by atoms with van der Waals surface area (Å²) in [5, 5.41) is 13.2. The van der Waals surface area contributed by atoms with E-state index in [1.54, 1.807) is 24.5 Å². The predicted molar refractivity (Wildman–Crippen MR) is 84.3 cm³/mol. The molecular formula is C16H11FN6O. The maximum Gasteiger partial charge on any atom is 0.149 e. The van der Waals surface area contributed by atoms with Crippen LogP contribution in [0.5, 0.6) is 0 Å². The van der Waals surface area contributed by atoms with Gasteiger partial charge in [-0.2, -0.15) is 5.26 Å². The highest BCUT2D eigenvalue weighted by atomic mass is 19.1. The number of hydrogen-bond acceptors (Lipinski definition) is 6. The monoisotopic (exact) mass is 322 g/mol. The van der Waals surface area contributed by atoms with Gasteiger partial charge in [0.2, 0.25) is 0 Å². The second-order valence-electron chi connectivity index (χ2n) is 5.17. The van der Waals surface area contributed by atoms with E-state index in [2.05, 4.69) is 20.3 Å². The molecule has 1 aliphatic heterocycles. The van der Waals surface area contributed by atoms with E-state index in [1.165, 1.54) is 12.6 Å². The summed E-state index contributed by atoms with van der Waals surface area (Å²) in [6.45, 7) is 0. The maximum atomic E-state index is 14.6. The molecule has 0 saturated carbocycles. The predicted octanol–water partition coefficient (Wildman–Crippen LogP) is 2.05. The number of nitriles is 1. The largest absolute Gasteiger partial charge is 0.464 e. The van der Waals surface area contributed by atoms with Gasteiger partial charge in [0, 0.05) is 23.3 Å². The first kappa shape index (κ1) is 14.2. The van der Waals surface area contributed by atoms with E-state index in [0.717, 1.165) is 0 Å². The summed E-state index contributed by atoms with van der Waals surface area (Å²) in [4.78, 5) is 11.1. The molecule has 0 saturated heterocycles. The second-order valence-corrected chi connectivity index (χ2v) is 5.17. The molecule has 3 aromatic heterocycles. The Bertz CT molecular complexity index is 1020. The number of nitrogens with two attached hydrogens (primary N) is 1. The molecule has 0 aromatic carbocycles. The zero-order valence-corrected chi connectivity index (χ0v) is 12.2. The van der Waals surface area contributed by atoms with Crippen LogP contribution in [0.4, 0.5) is 4.39 Å². The van der Waals surface area contributed by atoms with Crippen molar-refractivity contribution in [3.8, 4) is 6.07 Å². The van der Waals surface area contributed by atoms with Crippen LogP contribution >= 0.6 is 0 Å². The van der Waals surface area contributed by atoms with E-state index < -0.39 is 12.0 Å². The zero-order valence-electron chi connectivity index (χ0n) is 12.2. The molecule has 8 heteroatoms. The summed E-state index contributed by atoms with van der Waals surface area (Å²) in [6, 6.07) is 5.25. The first-order valence-electron chi connectivity index (χ1n) is 7.08. The molecule has 0 aliphatic carbocycles. The molecule has 0 fully saturated rings. The minimum atomic E-state index is -1.09. The Labute approximate surface area is 135 Å². The van der Waals surface area contributed by atoms with Gasteiger partial charge in [0.1, 0.15) is 35.8 Å². The third-order valence-corrected chi connectivity index (χ3v) is 3.82. The number of allylic oxidation sites excluding steroid dienone is 2. The molecule has 1 aliphatic rings. The highest BCUT2D eigenvalue weighted by molar-refractivity contribution is 5.99. The van der Waals surface area contributed by atoms with Crippen molar-refractivity contribution in [1.29, 1.82) is 5.26 Å². The Morgan fingerprint density at radius 3 is 3.04 bits per heavy atom. The van der Waals surface area contributed by atoms with Gasteiger partial charge in [0.25, 0.3) is 0 Å². The van der Waals surface area contributed by atoms with Gasteiger partial charge >= 0.3 is 0 Å². The van der Waals surface area contributed by atoms with E-state index in [1.807, 2.05) is 6.07 Å². The van der Waals surface area contributed by atoms with E-state index in [4.69, 9.17) is 10.2 Å². The SMILES string of the molecule is N#CC1=C(c2c[nH]c3ncncc23)NC(N)C(F)=C1c1ccco1. The molecule has 0 spiro atoms. The minimum absolute atomic E-state index is 0.0509. The van der Waals surface area contributed by atoms with Gasteiger partial charge < -0.3 is 20.5 Å².